The maximum absolute atomic E-state index is 13.4. The Morgan fingerprint density at radius 1 is 1.53 bits per heavy atom. The second-order valence-electron chi connectivity index (χ2n) is 4.11. The van der Waals surface area contributed by atoms with Crippen LogP contribution in [-0.4, -0.2) is 19.1 Å². The second-order valence-corrected chi connectivity index (χ2v) is 4.11. The molecule has 0 aromatic heterocycles. The van der Waals surface area contributed by atoms with Crippen LogP contribution in [0.2, 0.25) is 0 Å². The Hall–Kier alpha value is -1.09. The van der Waals surface area contributed by atoms with E-state index in [0.717, 1.165) is 18.7 Å². The fraction of sp³-hybridized carbons (Fsp3) is 0.500. The van der Waals surface area contributed by atoms with Crippen LogP contribution >= 0.6 is 0 Å². The van der Waals surface area contributed by atoms with E-state index in [1.54, 1.807) is 6.07 Å². The lowest BCUT2D eigenvalue weighted by Crippen LogP contribution is -2.29. The van der Waals surface area contributed by atoms with E-state index in [0.29, 0.717) is 11.7 Å². The van der Waals surface area contributed by atoms with Crippen LogP contribution in [0, 0.1) is 12.7 Å². The number of hydrogen-bond donors (Lipinski definition) is 2. The largest absolute Gasteiger partial charge is 0.381 e. The smallest absolute Gasteiger partial charge is 0.146 e. The Morgan fingerprint density at radius 3 is 3.07 bits per heavy atom. The molecule has 2 rings (SSSR count). The summed E-state index contributed by atoms with van der Waals surface area (Å²) in [6.45, 7) is 3.82. The minimum absolute atomic E-state index is 0.159. The van der Waals surface area contributed by atoms with E-state index >= 15 is 0 Å². The van der Waals surface area contributed by atoms with Gasteiger partial charge in [-0.15, -0.1) is 0 Å². The molecule has 1 aliphatic heterocycles. The highest BCUT2D eigenvalue weighted by molar-refractivity contribution is 5.51. The topological polar surface area (TPSA) is 24.1 Å². The number of nitrogens with one attached hydrogen (secondary N) is 2. The van der Waals surface area contributed by atoms with Gasteiger partial charge in [-0.05, 0) is 37.9 Å². The molecule has 0 aliphatic carbocycles. The van der Waals surface area contributed by atoms with Crippen LogP contribution in [0.5, 0.6) is 0 Å². The molecule has 2 nitrogen and oxygen atoms in total. The fourth-order valence-corrected chi connectivity index (χ4v) is 2.01. The zero-order valence-corrected chi connectivity index (χ0v) is 9.02. The quantitative estimate of drug-likeness (QED) is 0.796. The summed E-state index contributed by atoms with van der Waals surface area (Å²) in [7, 11) is 0. The molecule has 1 aliphatic rings. The molecule has 0 amide bonds. The Labute approximate surface area is 89.9 Å². The minimum atomic E-state index is -0.159. The van der Waals surface area contributed by atoms with Crippen molar-refractivity contribution in [2.24, 2.45) is 0 Å². The Kier molecular flexibility index (Phi) is 3.21. The van der Waals surface area contributed by atoms with E-state index in [9.17, 15) is 4.39 Å². The first-order valence-corrected chi connectivity index (χ1v) is 5.50. The number of anilines is 1. The molecule has 1 unspecified atom stereocenters. The van der Waals surface area contributed by atoms with Crippen molar-refractivity contribution in [1.82, 2.24) is 5.32 Å². The van der Waals surface area contributed by atoms with Crippen molar-refractivity contribution in [3.05, 3.63) is 29.6 Å². The van der Waals surface area contributed by atoms with Crippen LogP contribution in [0.4, 0.5) is 10.1 Å². The highest BCUT2D eigenvalue weighted by Gasteiger charge is 2.14. The van der Waals surface area contributed by atoms with Crippen molar-refractivity contribution in [2.75, 3.05) is 18.4 Å². The lowest BCUT2D eigenvalue weighted by atomic mass is 10.1. The lowest BCUT2D eigenvalue weighted by molar-refractivity contribution is 0.612. The van der Waals surface area contributed by atoms with Crippen molar-refractivity contribution in [3.8, 4) is 0 Å². The summed E-state index contributed by atoms with van der Waals surface area (Å²) < 4.78 is 13.4. The normalized spacial score (nSPS) is 20.5. The van der Waals surface area contributed by atoms with Crippen molar-refractivity contribution in [1.29, 1.82) is 0 Å². The van der Waals surface area contributed by atoms with Crippen LogP contribution in [-0.2, 0) is 0 Å². The molecule has 0 bridgehead atoms. The zero-order chi connectivity index (χ0) is 10.7. The van der Waals surface area contributed by atoms with Crippen LogP contribution in [0.1, 0.15) is 18.4 Å². The molecule has 3 heteroatoms. The van der Waals surface area contributed by atoms with Gasteiger partial charge < -0.3 is 10.6 Å². The zero-order valence-electron chi connectivity index (χ0n) is 9.02. The summed E-state index contributed by atoms with van der Waals surface area (Å²) >= 11 is 0. The number of hydrogen-bond acceptors (Lipinski definition) is 2. The van der Waals surface area contributed by atoms with E-state index in [4.69, 9.17) is 0 Å². The molecule has 82 valence electrons. The lowest BCUT2D eigenvalue weighted by Gasteiger charge is -2.14. The molecule has 1 atom stereocenters. The van der Waals surface area contributed by atoms with Gasteiger partial charge in [0.25, 0.3) is 0 Å². The first kappa shape index (κ1) is 10.4. The molecular weight excluding hydrogens is 191 g/mol. The predicted molar refractivity (Wildman–Crippen MR) is 60.7 cm³/mol. The monoisotopic (exact) mass is 208 g/mol. The van der Waals surface area contributed by atoms with Gasteiger partial charge >= 0.3 is 0 Å². The van der Waals surface area contributed by atoms with Crippen LogP contribution in [0.15, 0.2) is 18.2 Å². The number of aryl methyl sites for hydroxylation is 1. The Bertz CT molecular complexity index is 312. The van der Waals surface area contributed by atoms with Crippen LogP contribution < -0.4 is 10.6 Å². The molecule has 1 aromatic carbocycles. The first-order valence-electron chi connectivity index (χ1n) is 5.50. The van der Waals surface area contributed by atoms with E-state index in [1.807, 2.05) is 13.0 Å². The Morgan fingerprint density at radius 2 is 2.40 bits per heavy atom. The third-order valence-corrected chi connectivity index (χ3v) is 2.91. The summed E-state index contributed by atoms with van der Waals surface area (Å²) in [6, 6.07) is 5.65. The van der Waals surface area contributed by atoms with Gasteiger partial charge in [-0.2, -0.15) is 0 Å². The highest BCUT2D eigenvalue weighted by atomic mass is 19.1. The fourth-order valence-electron chi connectivity index (χ4n) is 2.01. The molecule has 0 radical (unpaired) electrons. The standard InChI is InChI=1S/C12H17FN2/c1-9-4-2-6-11(13)12(9)15-8-10-5-3-7-14-10/h2,4,6,10,14-15H,3,5,7-8H2,1H3. The summed E-state index contributed by atoms with van der Waals surface area (Å²) in [5.74, 6) is -0.159. The summed E-state index contributed by atoms with van der Waals surface area (Å²) in [4.78, 5) is 0. The Balaban J connectivity index is 1.97. The number of rotatable bonds is 3. The van der Waals surface area contributed by atoms with Gasteiger partial charge in [-0.1, -0.05) is 12.1 Å². The third kappa shape index (κ3) is 2.48. The minimum Gasteiger partial charge on any atom is -0.381 e. The van der Waals surface area contributed by atoms with Crippen LogP contribution in [0.25, 0.3) is 0 Å². The molecule has 0 saturated carbocycles. The highest BCUT2D eigenvalue weighted by Crippen LogP contribution is 2.19. The number of halogens is 1. The van der Waals surface area contributed by atoms with Gasteiger partial charge in [0, 0.05) is 12.6 Å². The van der Waals surface area contributed by atoms with Crippen molar-refractivity contribution in [2.45, 2.75) is 25.8 Å². The van der Waals surface area contributed by atoms with E-state index in [-0.39, 0.29) is 5.82 Å². The molecule has 2 N–H and O–H groups in total. The maximum atomic E-state index is 13.4. The number of para-hydroxylation sites is 1. The molecule has 15 heavy (non-hydrogen) atoms. The van der Waals surface area contributed by atoms with Crippen molar-refractivity contribution in [3.63, 3.8) is 0 Å². The molecular formula is C12H17FN2. The average molecular weight is 208 g/mol. The van der Waals surface area contributed by atoms with E-state index < -0.39 is 0 Å². The SMILES string of the molecule is Cc1cccc(F)c1NCC1CCCN1. The van der Waals surface area contributed by atoms with Gasteiger partial charge in [0.15, 0.2) is 0 Å². The van der Waals surface area contributed by atoms with E-state index in [1.165, 1.54) is 18.9 Å². The third-order valence-electron chi connectivity index (χ3n) is 2.91. The molecule has 1 saturated heterocycles. The van der Waals surface area contributed by atoms with Gasteiger partial charge in [0.2, 0.25) is 0 Å². The summed E-state index contributed by atoms with van der Waals surface area (Å²) in [6.07, 6.45) is 2.41. The predicted octanol–water partition coefficient (Wildman–Crippen LogP) is 2.30. The van der Waals surface area contributed by atoms with Crippen molar-refractivity contribution < 1.29 is 4.39 Å². The van der Waals surface area contributed by atoms with Gasteiger partial charge in [-0.3, -0.25) is 0 Å². The number of benzene rings is 1. The molecule has 1 heterocycles. The van der Waals surface area contributed by atoms with Gasteiger partial charge in [-0.25, -0.2) is 4.39 Å². The first-order chi connectivity index (χ1) is 7.27. The van der Waals surface area contributed by atoms with Crippen molar-refractivity contribution >= 4 is 5.69 Å². The summed E-state index contributed by atoms with van der Waals surface area (Å²) in [5, 5.41) is 6.57. The van der Waals surface area contributed by atoms with Gasteiger partial charge in [0.1, 0.15) is 5.82 Å². The molecule has 0 spiro atoms. The van der Waals surface area contributed by atoms with Crippen LogP contribution in [0.3, 0.4) is 0 Å². The second kappa shape index (κ2) is 4.62. The van der Waals surface area contributed by atoms with E-state index in [2.05, 4.69) is 10.6 Å². The average Bonchev–Trinajstić information content (AvgIpc) is 2.70. The summed E-state index contributed by atoms with van der Waals surface area (Å²) in [5.41, 5.74) is 1.61. The maximum Gasteiger partial charge on any atom is 0.146 e. The molecule has 1 aromatic rings. The van der Waals surface area contributed by atoms with Gasteiger partial charge in [0.05, 0.1) is 5.69 Å². The molecule has 1 fully saturated rings.